The summed E-state index contributed by atoms with van der Waals surface area (Å²) in [7, 11) is 5.44. The summed E-state index contributed by atoms with van der Waals surface area (Å²) in [6.07, 6.45) is 3.23. The van der Waals surface area contributed by atoms with E-state index in [0.717, 1.165) is 0 Å². The van der Waals surface area contributed by atoms with Gasteiger partial charge in [-0.1, -0.05) is 55.3 Å². The van der Waals surface area contributed by atoms with Gasteiger partial charge in [0.15, 0.2) is 0 Å². The van der Waals surface area contributed by atoms with Crippen LogP contribution in [0.2, 0.25) is 0 Å². The number of carboxylic acid groups (broad SMARTS) is 2. The normalized spacial score (nSPS) is 24.7. The van der Waals surface area contributed by atoms with Crippen molar-refractivity contribution >= 4 is 55.1 Å². The van der Waals surface area contributed by atoms with Gasteiger partial charge < -0.3 is 19.8 Å². The maximum atomic E-state index is 10.0. The summed E-state index contributed by atoms with van der Waals surface area (Å²) in [4.78, 5) is 20.0. The Morgan fingerprint density at radius 1 is 0.882 bits per heavy atom. The molecule has 2 atom stereocenters. The van der Waals surface area contributed by atoms with Gasteiger partial charge in [-0.3, -0.25) is 0 Å². The molecular formula is C8H6CuO4S4. The van der Waals surface area contributed by atoms with Gasteiger partial charge >= 0.3 is 17.1 Å². The van der Waals surface area contributed by atoms with Crippen LogP contribution in [-0.2, 0) is 26.7 Å². The van der Waals surface area contributed by atoms with Crippen molar-refractivity contribution in [1.29, 1.82) is 0 Å². The number of carbonyl (C=O) groups is 2. The molecule has 0 fully saturated rings. The standard InChI is InChI=1S/2C4H4O2S2.Cu/c2*5-4(6)3-1-2-7-8-3;/h2*1-3H,(H,5,6);/q;;+2/p-2. The van der Waals surface area contributed by atoms with Gasteiger partial charge in [0.05, 0.1) is 22.4 Å². The average Bonchev–Trinajstić information content (AvgIpc) is 2.93. The minimum absolute atomic E-state index is 0. The smallest absolute Gasteiger partial charge is 0.549 e. The molecule has 2 unspecified atom stereocenters. The fraction of sp³-hybridized carbons (Fsp3) is 0.250. The predicted molar refractivity (Wildman–Crippen MR) is 66.2 cm³/mol. The van der Waals surface area contributed by atoms with Crippen LogP contribution in [-0.4, -0.2) is 22.4 Å². The molecule has 0 aliphatic carbocycles. The van der Waals surface area contributed by atoms with Crippen molar-refractivity contribution < 1.29 is 36.9 Å². The van der Waals surface area contributed by atoms with E-state index in [4.69, 9.17) is 0 Å². The Balaban J connectivity index is 0.000000284. The summed E-state index contributed by atoms with van der Waals surface area (Å²) in [5.41, 5.74) is 0. The van der Waals surface area contributed by atoms with Crippen molar-refractivity contribution in [3.05, 3.63) is 23.0 Å². The minimum Gasteiger partial charge on any atom is -0.549 e. The Morgan fingerprint density at radius 3 is 1.35 bits per heavy atom. The van der Waals surface area contributed by atoms with Gasteiger partial charge in [0.2, 0.25) is 0 Å². The van der Waals surface area contributed by atoms with Crippen molar-refractivity contribution in [2.24, 2.45) is 0 Å². The topological polar surface area (TPSA) is 80.3 Å². The summed E-state index contributed by atoms with van der Waals surface area (Å²) >= 11 is 0. The molecular weight excluding hydrogens is 352 g/mol. The molecule has 0 bridgehead atoms. The number of aliphatic carboxylic acids is 2. The molecule has 2 aliphatic heterocycles. The molecule has 0 spiro atoms. The predicted octanol–water partition coefficient (Wildman–Crippen LogP) is 0.0247. The first-order valence-corrected chi connectivity index (χ1v) is 8.56. The van der Waals surface area contributed by atoms with Crippen molar-refractivity contribution in [3.63, 3.8) is 0 Å². The molecule has 0 amide bonds. The average molecular weight is 358 g/mol. The molecule has 2 heterocycles. The Bertz CT molecular complexity index is 301. The van der Waals surface area contributed by atoms with Crippen LogP contribution >= 0.6 is 43.2 Å². The molecule has 1 radical (unpaired) electrons. The Morgan fingerprint density at radius 2 is 1.24 bits per heavy atom. The number of hydrogen-bond donors (Lipinski definition) is 0. The first kappa shape index (κ1) is 17.3. The molecule has 2 aliphatic rings. The zero-order valence-corrected chi connectivity index (χ0v) is 12.2. The second kappa shape index (κ2) is 9.29. The Hall–Kier alpha value is 0.339. The molecule has 0 saturated heterocycles. The van der Waals surface area contributed by atoms with Gasteiger partial charge in [0.25, 0.3) is 0 Å². The SMILES string of the molecule is O=C([O-])C1C=CSS1.O=C([O-])C1C=CSS1.[Cu+2]. The second-order valence-electron chi connectivity index (χ2n) is 2.52. The van der Waals surface area contributed by atoms with E-state index in [1.807, 2.05) is 0 Å². The maximum Gasteiger partial charge on any atom is 2.00 e. The van der Waals surface area contributed by atoms with Gasteiger partial charge in [-0.05, 0) is 10.8 Å². The van der Waals surface area contributed by atoms with Crippen LogP contribution in [0.1, 0.15) is 0 Å². The fourth-order valence-corrected chi connectivity index (χ4v) is 4.49. The van der Waals surface area contributed by atoms with Crippen molar-refractivity contribution in [1.82, 2.24) is 0 Å². The molecule has 0 aromatic carbocycles. The van der Waals surface area contributed by atoms with E-state index in [2.05, 4.69) is 0 Å². The first-order chi connectivity index (χ1) is 7.61. The minimum atomic E-state index is -1.00. The number of carboxylic acids is 2. The van der Waals surface area contributed by atoms with Gasteiger partial charge in [0.1, 0.15) is 0 Å². The van der Waals surface area contributed by atoms with E-state index in [-0.39, 0.29) is 17.1 Å². The zero-order valence-electron chi connectivity index (χ0n) is 8.03. The van der Waals surface area contributed by atoms with Crippen LogP contribution in [0.5, 0.6) is 0 Å². The van der Waals surface area contributed by atoms with E-state index in [1.54, 1.807) is 23.0 Å². The van der Waals surface area contributed by atoms with E-state index in [0.29, 0.717) is 0 Å². The largest absolute Gasteiger partial charge is 2.00 e. The number of hydrogen-bond acceptors (Lipinski definition) is 8. The van der Waals surface area contributed by atoms with Crippen molar-refractivity contribution in [2.45, 2.75) is 10.5 Å². The first-order valence-electron chi connectivity index (χ1n) is 4.00. The zero-order chi connectivity index (χ0) is 12.0. The van der Waals surface area contributed by atoms with Crippen LogP contribution in [0.15, 0.2) is 23.0 Å². The second-order valence-corrected chi connectivity index (χ2v) is 7.16. The Kier molecular flexibility index (Phi) is 9.48. The third-order valence-electron chi connectivity index (χ3n) is 1.40. The molecule has 17 heavy (non-hydrogen) atoms. The summed E-state index contributed by atoms with van der Waals surface area (Å²) in [6.45, 7) is 0. The molecule has 97 valence electrons. The monoisotopic (exact) mass is 357 g/mol. The van der Waals surface area contributed by atoms with Gasteiger partial charge in [-0.2, -0.15) is 0 Å². The van der Waals surface area contributed by atoms with E-state index in [9.17, 15) is 19.8 Å². The molecule has 0 N–H and O–H groups in total. The summed E-state index contributed by atoms with van der Waals surface area (Å²) in [5.74, 6) is -2.01. The van der Waals surface area contributed by atoms with E-state index in [1.165, 1.54) is 43.2 Å². The van der Waals surface area contributed by atoms with Crippen LogP contribution in [0, 0.1) is 0 Å². The maximum absolute atomic E-state index is 10.0. The number of rotatable bonds is 2. The third-order valence-corrected chi connectivity index (χ3v) is 5.85. The van der Waals surface area contributed by atoms with Crippen molar-refractivity contribution in [3.8, 4) is 0 Å². The summed E-state index contributed by atoms with van der Waals surface area (Å²) < 4.78 is 0. The van der Waals surface area contributed by atoms with Crippen LogP contribution < -0.4 is 10.2 Å². The molecule has 4 nitrogen and oxygen atoms in total. The summed E-state index contributed by atoms with van der Waals surface area (Å²) in [6, 6.07) is 0. The van der Waals surface area contributed by atoms with E-state index >= 15 is 0 Å². The molecule has 2 rings (SSSR count). The number of carbonyl (C=O) groups excluding carboxylic acids is 2. The van der Waals surface area contributed by atoms with Crippen LogP contribution in [0.25, 0.3) is 0 Å². The molecule has 9 heteroatoms. The van der Waals surface area contributed by atoms with Crippen molar-refractivity contribution in [2.75, 3.05) is 0 Å². The quantitative estimate of drug-likeness (QED) is 0.505. The van der Waals surface area contributed by atoms with Gasteiger partial charge in [0, 0.05) is 0 Å². The Labute approximate surface area is 125 Å². The van der Waals surface area contributed by atoms with Crippen LogP contribution in [0.3, 0.4) is 0 Å². The molecule has 0 saturated carbocycles. The van der Waals surface area contributed by atoms with Gasteiger partial charge in [-0.25, -0.2) is 0 Å². The molecule has 0 aromatic rings. The molecule has 0 aromatic heterocycles. The third kappa shape index (κ3) is 6.73. The summed E-state index contributed by atoms with van der Waals surface area (Å²) in [5, 5.41) is 22.7. The van der Waals surface area contributed by atoms with Crippen LogP contribution in [0.4, 0.5) is 0 Å². The van der Waals surface area contributed by atoms with E-state index < -0.39 is 22.4 Å². The fourth-order valence-electron chi connectivity index (χ4n) is 0.691. The van der Waals surface area contributed by atoms with Gasteiger partial charge in [-0.15, -0.1) is 0 Å².